The molecule has 0 saturated heterocycles. The van der Waals surface area contributed by atoms with Crippen LogP contribution in [0.3, 0.4) is 0 Å². The van der Waals surface area contributed by atoms with Gasteiger partial charge in [0.2, 0.25) is 0 Å². The van der Waals surface area contributed by atoms with Crippen molar-refractivity contribution in [2.75, 3.05) is 19.4 Å². The molecule has 0 amide bonds. The minimum atomic E-state index is 0.231. The van der Waals surface area contributed by atoms with Crippen molar-refractivity contribution in [1.29, 1.82) is 0 Å². The SMILES string of the molecule is CSC(CO)C(C)NCC(C)c1ccccc1. The zero-order valence-corrected chi connectivity index (χ0v) is 11.7. The summed E-state index contributed by atoms with van der Waals surface area (Å²) in [6, 6.07) is 10.9. The number of aliphatic hydroxyl groups excluding tert-OH is 1. The minimum absolute atomic E-state index is 0.231. The van der Waals surface area contributed by atoms with E-state index >= 15 is 0 Å². The number of hydrogen-bond donors (Lipinski definition) is 2. The predicted octanol–water partition coefficient (Wildman–Crippen LogP) is 2.49. The van der Waals surface area contributed by atoms with Crippen LogP contribution in [0.4, 0.5) is 0 Å². The number of rotatable bonds is 7. The van der Waals surface area contributed by atoms with Crippen LogP contribution in [0.2, 0.25) is 0 Å². The number of thioether (sulfide) groups is 1. The first-order valence-corrected chi connectivity index (χ1v) is 7.39. The molecule has 0 aromatic heterocycles. The Morgan fingerprint density at radius 3 is 2.41 bits per heavy atom. The molecule has 0 bridgehead atoms. The lowest BCUT2D eigenvalue weighted by Gasteiger charge is -2.23. The minimum Gasteiger partial charge on any atom is -0.395 e. The zero-order chi connectivity index (χ0) is 12.7. The third-order valence-corrected chi connectivity index (χ3v) is 4.32. The van der Waals surface area contributed by atoms with Gasteiger partial charge < -0.3 is 10.4 Å². The van der Waals surface area contributed by atoms with E-state index in [0.717, 1.165) is 6.54 Å². The molecule has 2 nitrogen and oxygen atoms in total. The molecule has 3 atom stereocenters. The molecule has 3 heteroatoms. The van der Waals surface area contributed by atoms with Gasteiger partial charge in [0.05, 0.1) is 6.61 Å². The van der Waals surface area contributed by atoms with Crippen LogP contribution in [-0.2, 0) is 0 Å². The summed E-state index contributed by atoms with van der Waals surface area (Å²) in [4.78, 5) is 0. The van der Waals surface area contributed by atoms with E-state index in [2.05, 4.69) is 43.4 Å². The average Bonchev–Trinajstić information content (AvgIpc) is 2.38. The molecule has 0 aliphatic carbocycles. The smallest absolute Gasteiger partial charge is 0.0564 e. The Morgan fingerprint density at radius 1 is 1.24 bits per heavy atom. The molecule has 0 spiro atoms. The number of nitrogens with one attached hydrogen (secondary N) is 1. The van der Waals surface area contributed by atoms with Crippen LogP contribution in [0.15, 0.2) is 30.3 Å². The fourth-order valence-electron chi connectivity index (χ4n) is 1.83. The first-order chi connectivity index (χ1) is 8.19. The van der Waals surface area contributed by atoms with Gasteiger partial charge in [0.25, 0.3) is 0 Å². The van der Waals surface area contributed by atoms with E-state index in [1.54, 1.807) is 11.8 Å². The van der Waals surface area contributed by atoms with E-state index in [1.807, 2.05) is 12.3 Å². The van der Waals surface area contributed by atoms with Crippen molar-refractivity contribution in [3.63, 3.8) is 0 Å². The highest BCUT2D eigenvalue weighted by Gasteiger charge is 2.15. The molecule has 3 unspecified atom stereocenters. The molecule has 0 fully saturated rings. The van der Waals surface area contributed by atoms with E-state index in [1.165, 1.54) is 5.56 Å². The highest BCUT2D eigenvalue weighted by molar-refractivity contribution is 7.99. The first-order valence-electron chi connectivity index (χ1n) is 6.11. The fourth-order valence-corrected chi connectivity index (χ4v) is 2.48. The summed E-state index contributed by atoms with van der Waals surface area (Å²) in [5.74, 6) is 0.500. The molecule has 17 heavy (non-hydrogen) atoms. The number of aliphatic hydroxyl groups is 1. The fraction of sp³-hybridized carbons (Fsp3) is 0.571. The zero-order valence-electron chi connectivity index (χ0n) is 10.9. The second kappa shape index (κ2) is 7.75. The van der Waals surface area contributed by atoms with Crippen molar-refractivity contribution < 1.29 is 5.11 Å². The van der Waals surface area contributed by atoms with Gasteiger partial charge in [0.15, 0.2) is 0 Å². The van der Waals surface area contributed by atoms with E-state index in [-0.39, 0.29) is 11.9 Å². The van der Waals surface area contributed by atoms with E-state index < -0.39 is 0 Å². The average molecular weight is 253 g/mol. The largest absolute Gasteiger partial charge is 0.395 e. The molecular weight excluding hydrogens is 230 g/mol. The van der Waals surface area contributed by atoms with Crippen molar-refractivity contribution in [3.05, 3.63) is 35.9 Å². The quantitative estimate of drug-likeness (QED) is 0.783. The summed E-state index contributed by atoms with van der Waals surface area (Å²) in [7, 11) is 0. The third kappa shape index (κ3) is 4.70. The Balaban J connectivity index is 2.40. The van der Waals surface area contributed by atoms with E-state index in [4.69, 9.17) is 0 Å². The van der Waals surface area contributed by atoms with E-state index in [9.17, 15) is 5.11 Å². The molecule has 0 aliphatic rings. The molecular formula is C14H23NOS. The molecule has 96 valence electrons. The van der Waals surface area contributed by atoms with Gasteiger partial charge >= 0.3 is 0 Å². The van der Waals surface area contributed by atoms with Gasteiger partial charge in [-0.05, 0) is 24.7 Å². The van der Waals surface area contributed by atoms with Gasteiger partial charge in [-0.1, -0.05) is 37.3 Å². The molecule has 0 heterocycles. The first kappa shape index (κ1) is 14.6. The van der Waals surface area contributed by atoms with Crippen LogP contribution < -0.4 is 5.32 Å². The topological polar surface area (TPSA) is 32.3 Å². The van der Waals surface area contributed by atoms with Crippen LogP contribution in [0.25, 0.3) is 0 Å². The second-order valence-electron chi connectivity index (χ2n) is 4.47. The van der Waals surface area contributed by atoms with Gasteiger partial charge in [-0.15, -0.1) is 0 Å². The summed E-state index contributed by atoms with van der Waals surface area (Å²) in [5, 5.41) is 13.0. The summed E-state index contributed by atoms with van der Waals surface area (Å²) >= 11 is 1.71. The van der Waals surface area contributed by atoms with Crippen molar-refractivity contribution in [1.82, 2.24) is 5.32 Å². The predicted molar refractivity (Wildman–Crippen MR) is 76.7 cm³/mol. The van der Waals surface area contributed by atoms with Gasteiger partial charge in [-0.25, -0.2) is 0 Å². The van der Waals surface area contributed by atoms with Crippen LogP contribution in [0, 0.1) is 0 Å². The Labute approximate surface area is 109 Å². The highest BCUT2D eigenvalue weighted by Crippen LogP contribution is 2.15. The molecule has 2 N–H and O–H groups in total. The molecule has 0 aliphatic heterocycles. The van der Waals surface area contributed by atoms with Crippen LogP contribution in [0.1, 0.15) is 25.3 Å². The standard InChI is InChI=1S/C14H23NOS/c1-11(13-7-5-4-6-8-13)9-15-12(2)14(10-16)17-3/h4-8,11-12,14-16H,9-10H2,1-3H3. The van der Waals surface area contributed by atoms with Crippen molar-refractivity contribution in [2.45, 2.75) is 31.1 Å². The maximum atomic E-state index is 9.22. The molecule has 0 saturated carbocycles. The van der Waals surface area contributed by atoms with Crippen molar-refractivity contribution in [3.8, 4) is 0 Å². The number of benzene rings is 1. The third-order valence-electron chi connectivity index (χ3n) is 3.15. The Morgan fingerprint density at radius 2 is 1.88 bits per heavy atom. The van der Waals surface area contributed by atoms with Crippen molar-refractivity contribution in [2.24, 2.45) is 0 Å². The van der Waals surface area contributed by atoms with Gasteiger partial charge in [-0.3, -0.25) is 0 Å². The van der Waals surface area contributed by atoms with Crippen LogP contribution >= 0.6 is 11.8 Å². The molecule has 1 rings (SSSR count). The second-order valence-corrected chi connectivity index (χ2v) is 5.54. The van der Waals surface area contributed by atoms with Gasteiger partial charge in [-0.2, -0.15) is 11.8 Å². The molecule has 1 aromatic rings. The van der Waals surface area contributed by atoms with Gasteiger partial charge in [0.1, 0.15) is 0 Å². The van der Waals surface area contributed by atoms with Crippen LogP contribution in [-0.4, -0.2) is 35.8 Å². The molecule has 0 radical (unpaired) electrons. The number of hydrogen-bond acceptors (Lipinski definition) is 3. The summed E-state index contributed by atoms with van der Waals surface area (Å²) in [5.41, 5.74) is 1.36. The lowest BCUT2D eigenvalue weighted by Crippen LogP contribution is -2.39. The summed E-state index contributed by atoms with van der Waals surface area (Å²) in [6.45, 7) is 5.54. The maximum Gasteiger partial charge on any atom is 0.0564 e. The Hall–Kier alpha value is -0.510. The maximum absolute atomic E-state index is 9.22. The van der Waals surface area contributed by atoms with Crippen molar-refractivity contribution >= 4 is 11.8 Å². The normalized spacial score (nSPS) is 16.5. The highest BCUT2D eigenvalue weighted by atomic mass is 32.2. The summed E-state index contributed by atoms with van der Waals surface area (Å²) in [6.07, 6.45) is 2.04. The van der Waals surface area contributed by atoms with Crippen LogP contribution in [0.5, 0.6) is 0 Å². The Kier molecular flexibility index (Phi) is 6.63. The monoisotopic (exact) mass is 253 g/mol. The van der Waals surface area contributed by atoms with Gasteiger partial charge in [0, 0.05) is 17.8 Å². The lowest BCUT2D eigenvalue weighted by molar-refractivity contribution is 0.275. The molecule has 1 aromatic carbocycles. The Bertz CT molecular complexity index is 300. The van der Waals surface area contributed by atoms with E-state index in [0.29, 0.717) is 12.0 Å². The lowest BCUT2D eigenvalue weighted by atomic mass is 10.0. The summed E-state index contributed by atoms with van der Waals surface area (Å²) < 4.78 is 0.